The van der Waals surface area contributed by atoms with E-state index >= 15 is 0 Å². The number of carbonyl (C=O) groups is 1. The molecule has 2 heteroatoms. The fourth-order valence-electron chi connectivity index (χ4n) is 2.25. The molecule has 0 heterocycles. The van der Waals surface area contributed by atoms with E-state index < -0.39 is 0 Å². The highest BCUT2D eigenvalue weighted by atomic mass is 16.1. The Kier molecular flexibility index (Phi) is 4.00. The number of anilines is 1. The molecule has 0 spiro atoms. The summed E-state index contributed by atoms with van der Waals surface area (Å²) in [6.45, 7) is 4.55. The summed E-state index contributed by atoms with van der Waals surface area (Å²) in [7, 11) is 1.96. The molecule has 2 rings (SSSR count). The number of ketones is 1. The number of rotatable bonds is 4. The average molecular weight is 253 g/mol. The third kappa shape index (κ3) is 3.22. The molecule has 0 bridgehead atoms. The van der Waals surface area contributed by atoms with Crippen molar-refractivity contribution in [2.75, 3.05) is 18.5 Å². The number of hydrogen-bond acceptors (Lipinski definition) is 2. The van der Waals surface area contributed by atoms with E-state index in [2.05, 4.69) is 32.0 Å². The number of likely N-dealkylation sites (N-methyl/N-ethyl adjacent to an activating group) is 1. The monoisotopic (exact) mass is 253 g/mol. The smallest absolute Gasteiger partial charge is 0.182 e. The molecule has 0 aromatic heterocycles. The Morgan fingerprint density at radius 1 is 1.05 bits per heavy atom. The second-order valence-corrected chi connectivity index (χ2v) is 4.94. The van der Waals surface area contributed by atoms with Crippen LogP contribution in [-0.4, -0.2) is 19.4 Å². The third-order valence-corrected chi connectivity index (χ3v) is 3.24. The Balaban J connectivity index is 2.13. The van der Waals surface area contributed by atoms with Crippen LogP contribution in [0.1, 0.15) is 21.5 Å². The molecule has 0 atom stereocenters. The molecular weight excluding hydrogens is 234 g/mol. The van der Waals surface area contributed by atoms with Crippen molar-refractivity contribution in [2.24, 2.45) is 0 Å². The van der Waals surface area contributed by atoms with Gasteiger partial charge in [-0.2, -0.15) is 0 Å². The SMILES string of the molecule is Cc1ccc(N(C)CC(=O)c2ccccc2)c(C)c1. The summed E-state index contributed by atoms with van der Waals surface area (Å²) >= 11 is 0. The van der Waals surface area contributed by atoms with Crippen molar-refractivity contribution in [1.29, 1.82) is 0 Å². The van der Waals surface area contributed by atoms with Crippen LogP contribution in [0, 0.1) is 13.8 Å². The van der Waals surface area contributed by atoms with Crippen molar-refractivity contribution in [3.8, 4) is 0 Å². The van der Waals surface area contributed by atoms with Gasteiger partial charge in [-0.3, -0.25) is 4.79 Å². The van der Waals surface area contributed by atoms with E-state index in [0.717, 1.165) is 11.3 Å². The molecule has 2 nitrogen and oxygen atoms in total. The predicted octanol–water partition coefficient (Wildman–Crippen LogP) is 3.62. The van der Waals surface area contributed by atoms with Crippen molar-refractivity contribution in [1.82, 2.24) is 0 Å². The van der Waals surface area contributed by atoms with E-state index in [4.69, 9.17) is 0 Å². The van der Waals surface area contributed by atoms with E-state index in [0.29, 0.717) is 6.54 Å². The fourth-order valence-corrected chi connectivity index (χ4v) is 2.25. The number of hydrogen-bond donors (Lipinski definition) is 0. The normalized spacial score (nSPS) is 10.3. The molecule has 0 saturated carbocycles. The standard InChI is InChI=1S/C17H19NO/c1-13-9-10-16(14(2)11-13)18(3)12-17(19)15-7-5-4-6-8-15/h4-11H,12H2,1-3H3. The zero-order valence-electron chi connectivity index (χ0n) is 11.7. The van der Waals surface area contributed by atoms with Crippen molar-refractivity contribution in [3.05, 3.63) is 65.2 Å². The Hall–Kier alpha value is -2.09. The molecule has 2 aromatic rings. The van der Waals surface area contributed by atoms with Crippen LogP contribution in [0.25, 0.3) is 0 Å². The van der Waals surface area contributed by atoms with Gasteiger partial charge in [0.15, 0.2) is 5.78 Å². The Morgan fingerprint density at radius 2 is 1.74 bits per heavy atom. The molecule has 19 heavy (non-hydrogen) atoms. The van der Waals surface area contributed by atoms with Gasteiger partial charge in [0.1, 0.15) is 0 Å². The first-order valence-electron chi connectivity index (χ1n) is 6.44. The van der Waals surface area contributed by atoms with Gasteiger partial charge in [-0.1, -0.05) is 48.0 Å². The van der Waals surface area contributed by atoms with Gasteiger partial charge in [0.2, 0.25) is 0 Å². The first kappa shape index (κ1) is 13.3. The summed E-state index contributed by atoms with van der Waals surface area (Å²) in [5.74, 6) is 0.142. The van der Waals surface area contributed by atoms with E-state index in [1.165, 1.54) is 11.1 Å². The lowest BCUT2D eigenvalue weighted by molar-refractivity contribution is 0.100. The van der Waals surface area contributed by atoms with Crippen molar-refractivity contribution in [3.63, 3.8) is 0 Å². The van der Waals surface area contributed by atoms with Gasteiger partial charge in [-0.25, -0.2) is 0 Å². The van der Waals surface area contributed by atoms with Gasteiger partial charge in [0.25, 0.3) is 0 Å². The van der Waals surface area contributed by atoms with Crippen LogP contribution in [0.3, 0.4) is 0 Å². The van der Waals surface area contributed by atoms with Crippen molar-refractivity contribution in [2.45, 2.75) is 13.8 Å². The lowest BCUT2D eigenvalue weighted by atomic mass is 10.1. The summed E-state index contributed by atoms with van der Waals surface area (Å²) < 4.78 is 0. The zero-order valence-corrected chi connectivity index (χ0v) is 11.7. The first-order chi connectivity index (χ1) is 9.08. The zero-order chi connectivity index (χ0) is 13.8. The maximum atomic E-state index is 12.2. The van der Waals surface area contributed by atoms with Gasteiger partial charge in [-0.05, 0) is 25.5 Å². The summed E-state index contributed by atoms with van der Waals surface area (Å²) in [5.41, 5.74) is 4.31. The van der Waals surface area contributed by atoms with Crippen LogP contribution >= 0.6 is 0 Å². The van der Waals surface area contributed by atoms with Gasteiger partial charge in [-0.15, -0.1) is 0 Å². The molecule has 0 aliphatic carbocycles. The lowest BCUT2D eigenvalue weighted by Gasteiger charge is -2.21. The van der Waals surface area contributed by atoms with E-state index in [1.54, 1.807) is 0 Å². The number of benzene rings is 2. The molecule has 0 amide bonds. The molecule has 0 saturated heterocycles. The van der Waals surface area contributed by atoms with Crippen molar-refractivity contribution >= 4 is 11.5 Å². The molecule has 2 aromatic carbocycles. The largest absolute Gasteiger partial charge is 0.367 e. The number of nitrogens with zero attached hydrogens (tertiary/aromatic N) is 1. The molecular formula is C17H19NO. The fraction of sp³-hybridized carbons (Fsp3) is 0.235. The first-order valence-corrected chi connectivity index (χ1v) is 6.44. The number of carbonyl (C=O) groups excluding carboxylic acids is 1. The summed E-state index contributed by atoms with van der Waals surface area (Å²) in [4.78, 5) is 14.2. The van der Waals surface area contributed by atoms with E-state index in [-0.39, 0.29) is 5.78 Å². The number of Topliss-reactive ketones (excluding diaryl/α,β-unsaturated/α-hetero) is 1. The predicted molar refractivity (Wildman–Crippen MR) is 80.0 cm³/mol. The summed E-state index contributed by atoms with van der Waals surface area (Å²) in [5, 5.41) is 0. The van der Waals surface area contributed by atoms with Crippen LogP contribution in [-0.2, 0) is 0 Å². The second-order valence-electron chi connectivity index (χ2n) is 4.94. The average Bonchev–Trinajstić information content (AvgIpc) is 2.39. The van der Waals surface area contributed by atoms with Gasteiger partial charge < -0.3 is 4.90 Å². The maximum absolute atomic E-state index is 12.2. The highest BCUT2D eigenvalue weighted by molar-refractivity contribution is 5.99. The molecule has 0 N–H and O–H groups in total. The quantitative estimate of drug-likeness (QED) is 0.776. The lowest BCUT2D eigenvalue weighted by Crippen LogP contribution is -2.26. The van der Waals surface area contributed by atoms with E-state index in [9.17, 15) is 4.79 Å². The molecule has 0 aliphatic rings. The highest BCUT2D eigenvalue weighted by Gasteiger charge is 2.11. The third-order valence-electron chi connectivity index (χ3n) is 3.24. The molecule has 0 radical (unpaired) electrons. The Labute approximate surface area is 114 Å². The van der Waals surface area contributed by atoms with Gasteiger partial charge in [0.05, 0.1) is 6.54 Å². The van der Waals surface area contributed by atoms with Gasteiger partial charge in [0, 0.05) is 18.3 Å². The van der Waals surface area contributed by atoms with Crippen LogP contribution in [0.5, 0.6) is 0 Å². The topological polar surface area (TPSA) is 20.3 Å². The number of aryl methyl sites for hydroxylation is 2. The minimum absolute atomic E-state index is 0.142. The van der Waals surface area contributed by atoms with Crippen molar-refractivity contribution < 1.29 is 4.79 Å². The maximum Gasteiger partial charge on any atom is 0.182 e. The minimum atomic E-state index is 0.142. The highest BCUT2D eigenvalue weighted by Crippen LogP contribution is 2.20. The molecule has 0 aliphatic heterocycles. The summed E-state index contributed by atoms with van der Waals surface area (Å²) in [6, 6.07) is 15.7. The van der Waals surface area contributed by atoms with Crippen LogP contribution in [0.4, 0.5) is 5.69 Å². The minimum Gasteiger partial charge on any atom is -0.367 e. The molecule has 0 fully saturated rings. The molecule has 98 valence electrons. The second kappa shape index (κ2) is 5.70. The Morgan fingerprint density at radius 3 is 2.37 bits per heavy atom. The van der Waals surface area contributed by atoms with Gasteiger partial charge >= 0.3 is 0 Å². The van der Waals surface area contributed by atoms with Crippen LogP contribution in [0.2, 0.25) is 0 Å². The van der Waals surface area contributed by atoms with Crippen LogP contribution < -0.4 is 4.90 Å². The summed E-state index contributed by atoms with van der Waals surface area (Å²) in [6.07, 6.45) is 0. The Bertz CT molecular complexity index is 575. The molecule has 0 unspecified atom stereocenters. The van der Waals surface area contributed by atoms with E-state index in [1.807, 2.05) is 42.3 Å². The van der Waals surface area contributed by atoms with Crippen LogP contribution in [0.15, 0.2) is 48.5 Å².